The molecule has 2 N–H and O–H groups in total. The predicted octanol–water partition coefficient (Wildman–Crippen LogP) is 2.57. The molecule has 0 aromatic carbocycles. The summed E-state index contributed by atoms with van der Waals surface area (Å²) >= 11 is 1.59. The van der Waals surface area contributed by atoms with Gasteiger partial charge < -0.3 is 15.2 Å². The molecule has 0 aliphatic carbocycles. The zero-order valence-corrected chi connectivity index (χ0v) is 13.7. The summed E-state index contributed by atoms with van der Waals surface area (Å²) in [6, 6.07) is 11.5. The lowest BCUT2D eigenvalue weighted by Gasteiger charge is -2.06. The molecule has 3 rings (SSSR count). The van der Waals surface area contributed by atoms with Crippen molar-refractivity contribution in [3.63, 3.8) is 0 Å². The average Bonchev–Trinajstić information content (AvgIpc) is 3.31. The largest absolute Gasteiger partial charge is 0.367 e. The first-order valence-corrected chi connectivity index (χ1v) is 8.39. The number of anilines is 1. The number of rotatable bonds is 7. The van der Waals surface area contributed by atoms with Crippen molar-refractivity contribution < 1.29 is 4.79 Å². The fraction of sp³-hybridized carbons (Fsp3) is 0.118. The van der Waals surface area contributed by atoms with Gasteiger partial charge in [-0.15, -0.1) is 21.5 Å². The van der Waals surface area contributed by atoms with E-state index < -0.39 is 0 Å². The Morgan fingerprint density at radius 1 is 1.12 bits per heavy atom. The molecule has 122 valence electrons. The maximum absolute atomic E-state index is 11.7. The lowest BCUT2D eigenvalue weighted by atomic mass is 10.4. The molecule has 0 fully saturated rings. The third kappa shape index (κ3) is 4.53. The first-order valence-electron chi connectivity index (χ1n) is 7.51. The minimum absolute atomic E-state index is 0.112. The van der Waals surface area contributed by atoms with E-state index in [1.54, 1.807) is 17.4 Å². The zero-order valence-electron chi connectivity index (χ0n) is 12.9. The standard InChI is InChI=1S/C17H17N5OS/c23-17(8-5-14-4-3-13-24-14)19-10-9-18-15-6-7-16(21-20-15)22-11-1-2-12-22/h1-8,11-13H,9-10H2,(H,18,20)(H,19,23)/b8-5+. The summed E-state index contributed by atoms with van der Waals surface area (Å²) in [6.07, 6.45) is 7.17. The van der Waals surface area contributed by atoms with E-state index >= 15 is 0 Å². The fourth-order valence-electron chi connectivity index (χ4n) is 2.02. The van der Waals surface area contributed by atoms with Crippen LogP contribution in [0.1, 0.15) is 4.88 Å². The molecule has 0 aliphatic rings. The second-order valence-corrected chi connectivity index (χ2v) is 5.91. The van der Waals surface area contributed by atoms with Crippen LogP contribution >= 0.6 is 11.3 Å². The van der Waals surface area contributed by atoms with Gasteiger partial charge in [-0.3, -0.25) is 4.79 Å². The number of nitrogens with one attached hydrogen (secondary N) is 2. The van der Waals surface area contributed by atoms with E-state index in [2.05, 4.69) is 20.8 Å². The van der Waals surface area contributed by atoms with Crippen LogP contribution in [0, 0.1) is 0 Å². The topological polar surface area (TPSA) is 71.8 Å². The van der Waals surface area contributed by atoms with Crippen LogP contribution in [0.3, 0.4) is 0 Å². The van der Waals surface area contributed by atoms with E-state index in [0.29, 0.717) is 18.9 Å². The van der Waals surface area contributed by atoms with E-state index in [1.807, 2.05) is 58.7 Å². The van der Waals surface area contributed by atoms with Gasteiger partial charge in [-0.05, 0) is 41.8 Å². The first kappa shape index (κ1) is 15.9. The van der Waals surface area contributed by atoms with Gasteiger partial charge in [0.1, 0.15) is 5.82 Å². The van der Waals surface area contributed by atoms with Gasteiger partial charge in [0.25, 0.3) is 0 Å². The Labute approximate surface area is 143 Å². The Balaban J connectivity index is 1.39. The zero-order chi connectivity index (χ0) is 16.6. The number of hydrogen-bond acceptors (Lipinski definition) is 5. The number of hydrogen-bond donors (Lipinski definition) is 2. The van der Waals surface area contributed by atoms with Gasteiger partial charge in [-0.2, -0.15) is 0 Å². The van der Waals surface area contributed by atoms with E-state index in [0.717, 1.165) is 10.7 Å². The highest BCUT2D eigenvalue weighted by Crippen LogP contribution is 2.09. The fourth-order valence-corrected chi connectivity index (χ4v) is 2.64. The van der Waals surface area contributed by atoms with Crippen LogP contribution in [0.15, 0.2) is 60.2 Å². The van der Waals surface area contributed by atoms with E-state index in [4.69, 9.17) is 0 Å². The quantitative estimate of drug-likeness (QED) is 0.513. The molecule has 0 aliphatic heterocycles. The molecule has 7 heteroatoms. The number of carbonyl (C=O) groups excluding carboxylic acids is 1. The number of thiophene rings is 1. The van der Waals surface area contributed by atoms with Crippen molar-refractivity contribution in [2.75, 3.05) is 18.4 Å². The minimum atomic E-state index is -0.112. The molecule has 0 atom stereocenters. The van der Waals surface area contributed by atoms with Crippen molar-refractivity contribution in [1.82, 2.24) is 20.1 Å². The van der Waals surface area contributed by atoms with Gasteiger partial charge in [-0.1, -0.05) is 6.07 Å². The minimum Gasteiger partial charge on any atom is -0.367 e. The summed E-state index contributed by atoms with van der Waals surface area (Å²) in [7, 11) is 0. The van der Waals surface area contributed by atoms with Gasteiger partial charge >= 0.3 is 0 Å². The highest BCUT2D eigenvalue weighted by molar-refractivity contribution is 7.10. The second-order valence-electron chi connectivity index (χ2n) is 4.93. The molecule has 1 amide bonds. The SMILES string of the molecule is O=C(/C=C/c1cccs1)NCCNc1ccc(-n2cccc2)nn1. The molecule has 0 saturated carbocycles. The van der Waals surface area contributed by atoms with Gasteiger partial charge in [0.15, 0.2) is 5.82 Å². The molecule has 24 heavy (non-hydrogen) atoms. The van der Waals surface area contributed by atoms with Gasteiger partial charge in [0, 0.05) is 36.4 Å². The monoisotopic (exact) mass is 339 g/mol. The van der Waals surface area contributed by atoms with Crippen molar-refractivity contribution >= 4 is 29.1 Å². The molecule has 0 saturated heterocycles. The molecule has 0 bridgehead atoms. The van der Waals surface area contributed by atoms with Gasteiger partial charge in [0.2, 0.25) is 5.91 Å². The third-order valence-corrected chi connectivity index (χ3v) is 4.03. The summed E-state index contributed by atoms with van der Waals surface area (Å²) in [5, 5.41) is 16.2. The normalized spacial score (nSPS) is 10.8. The summed E-state index contributed by atoms with van der Waals surface area (Å²) in [5.74, 6) is 1.33. The third-order valence-electron chi connectivity index (χ3n) is 3.19. The Hall–Kier alpha value is -2.93. The molecular formula is C17H17N5OS. The Kier molecular flexibility index (Phi) is 5.36. The number of carbonyl (C=O) groups is 1. The van der Waals surface area contributed by atoms with Crippen LogP contribution < -0.4 is 10.6 Å². The molecule has 3 aromatic rings. The number of amides is 1. The van der Waals surface area contributed by atoms with Crippen LogP contribution in [0.5, 0.6) is 0 Å². The molecule has 0 radical (unpaired) electrons. The highest BCUT2D eigenvalue weighted by atomic mass is 32.1. The second kappa shape index (κ2) is 8.07. The molecule has 6 nitrogen and oxygen atoms in total. The summed E-state index contributed by atoms with van der Waals surface area (Å²) in [5.41, 5.74) is 0. The van der Waals surface area contributed by atoms with Crippen molar-refractivity contribution in [2.45, 2.75) is 0 Å². The van der Waals surface area contributed by atoms with Crippen molar-refractivity contribution in [2.24, 2.45) is 0 Å². The summed E-state index contributed by atoms with van der Waals surface area (Å²) in [4.78, 5) is 12.7. The predicted molar refractivity (Wildman–Crippen MR) is 96.2 cm³/mol. The lowest BCUT2D eigenvalue weighted by molar-refractivity contribution is -0.116. The van der Waals surface area contributed by atoms with Crippen molar-refractivity contribution in [1.29, 1.82) is 0 Å². The Morgan fingerprint density at radius 2 is 2.00 bits per heavy atom. The van der Waals surface area contributed by atoms with Gasteiger partial charge in [-0.25, -0.2) is 0 Å². The van der Waals surface area contributed by atoms with Crippen molar-refractivity contribution in [3.05, 3.63) is 65.1 Å². The summed E-state index contributed by atoms with van der Waals surface area (Å²) < 4.78 is 1.89. The maximum Gasteiger partial charge on any atom is 0.244 e. The molecule has 3 heterocycles. The first-order chi connectivity index (χ1) is 11.8. The average molecular weight is 339 g/mol. The van der Waals surface area contributed by atoms with Crippen LogP contribution in [0.25, 0.3) is 11.9 Å². The maximum atomic E-state index is 11.7. The van der Waals surface area contributed by atoms with Gasteiger partial charge in [0.05, 0.1) is 0 Å². The van der Waals surface area contributed by atoms with Crippen LogP contribution in [-0.4, -0.2) is 33.8 Å². The summed E-state index contributed by atoms with van der Waals surface area (Å²) in [6.45, 7) is 1.09. The van der Waals surface area contributed by atoms with E-state index in [9.17, 15) is 4.79 Å². The smallest absolute Gasteiger partial charge is 0.244 e. The molecule has 3 aromatic heterocycles. The molecule has 0 unspecified atom stereocenters. The molecule has 0 spiro atoms. The van der Waals surface area contributed by atoms with Crippen LogP contribution in [0.4, 0.5) is 5.82 Å². The molecular weight excluding hydrogens is 322 g/mol. The Bertz CT molecular complexity index is 779. The van der Waals surface area contributed by atoms with E-state index in [1.165, 1.54) is 6.08 Å². The van der Waals surface area contributed by atoms with Crippen LogP contribution in [0.2, 0.25) is 0 Å². The van der Waals surface area contributed by atoms with Crippen molar-refractivity contribution in [3.8, 4) is 5.82 Å². The lowest BCUT2D eigenvalue weighted by Crippen LogP contribution is -2.27. The number of nitrogens with zero attached hydrogens (tertiary/aromatic N) is 3. The Morgan fingerprint density at radius 3 is 2.71 bits per heavy atom. The number of aromatic nitrogens is 3. The van der Waals surface area contributed by atoms with E-state index in [-0.39, 0.29) is 5.91 Å². The van der Waals surface area contributed by atoms with Crippen LogP contribution in [-0.2, 0) is 4.79 Å². The highest BCUT2D eigenvalue weighted by Gasteiger charge is 1.99.